The summed E-state index contributed by atoms with van der Waals surface area (Å²) in [6.45, 7) is 3.56. The van der Waals surface area contributed by atoms with Crippen LogP contribution in [0, 0.1) is 11.8 Å². The molecule has 2 fully saturated rings. The first-order valence-electron chi connectivity index (χ1n) is 6.35. The molecule has 1 aromatic carbocycles. The lowest BCUT2D eigenvalue weighted by atomic mass is 9.98. The van der Waals surface area contributed by atoms with Crippen molar-refractivity contribution in [2.45, 2.75) is 25.4 Å². The van der Waals surface area contributed by atoms with E-state index in [4.69, 9.17) is 5.73 Å². The Morgan fingerprint density at radius 1 is 1.12 bits per heavy atom. The summed E-state index contributed by atoms with van der Waals surface area (Å²) < 4.78 is 0. The highest BCUT2D eigenvalue weighted by molar-refractivity contribution is 5.15. The van der Waals surface area contributed by atoms with Gasteiger partial charge in [-0.15, -0.1) is 0 Å². The molecule has 1 aliphatic carbocycles. The number of fused-ring (bicyclic) bond motifs is 1. The van der Waals surface area contributed by atoms with E-state index in [1.54, 1.807) is 0 Å². The zero-order chi connectivity index (χ0) is 11.0. The van der Waals surface area contributed by atoms with Gasteiger partial charge >= 0.3 is 0 Å². The maximum atomic E-state index is 6.15. The molecular weight excluding hydrogens is 196 g/mol. The van der Waals surface area contributed by atoms with Crippen LogP contribution in [0.25, 0.3) is 0 Å². The summed E-state index contributed by atoms with van der Waals surface area (Å²) in [4.78, 5) is 2.57. The average Bonchev–Trinajstić information content (AvgIpc) is 2.83. The molecule has 1 aromatic rings. The lowest BCUT2D eigenvalue weighted by Crippen LogP contribution is -2.30. The fourth-order valence-electron chi connectivity index (χ4n) is 3.37. The molecule has 1 saturated heterocycles. The normalized spacial score (nSPS) is 34.2. The molecular formula is C14H20N2. The van der Waals surface area contributed by atoms with Crippen molar-refractivity contribution in [3.05, 3.63) is 35.9 Å². The predicted octanol–water partition coefficient (Wildman–Crippen LogP) is 1.86. The van der Waals surface area contributed by atoms with Gasteiger partial charge in [0.05, 0.1) is 0 Å². The molecule has 2 nitrogen and oxygen atoms in total. The number of benzene rings is 1. The Morgan fingerprint density at radius 3 is 2.69 bits per heavy atom. The summed E-state index contributed by atoms with van der Waals surface area (Å²) >= 11 is 0. The van der Waals surface area contributed by atoms with Crippen LogP contribution in [0.4, 0.5) is 0 Å². The molecule has 1 aliphatic heterocycles. The highest BCUT2D eigenvalue weighted by Crippen LogP contribution is 2.37. The first kappa shape index (κ1) is 10.3. The molecule has 2 N–H and O–H groups in total. The highest BCUT2D eigenvalue weighted by atomic mass is 15.2. The molecule has 0 spiro atoms. The summed E-state index contributed by atoms with van der Waals surface area (Å²) in [7, 11) is 0. The molecule has 0 unspecified atom stereocenters. The van der Waals surface area contributed by atoms with Crippen molar-refractivity contribution in [2.75, 3.05) is 13.1 Å². The summed E-state index contributed by atoms with van der Waals surface area (Å²) in [5, 5.41) is 0. The van der Waals surface area contributed by atoms with Gasteiger partial charge in [0.15, 0.2) is 0 Å². The van der Waals surface area contributed by atoms with Gasteiger partial charge in [-0.05, 0) is 30.2 Å². The van der Waals surface area contributed by atoms with Crippen LogP contribution in [0.15, 0.2) is 30.3 Å². The van der Waals surface area contributed by atoms with Crippen molar-refractivity contribution in [2.24, 2.45) is 17.6 Å². The molecule has 1 heterocycles. The van der Waals surface area contributed by atoms with Gasteiger partial charge in [-0.1, -0.05) is 30.3 Å². The second kappa shape index (κ2) is 4.19. The molecule has 3 atom stereocenters. The van der Waals surface area contributed by atoms with Crippen LogP contribution in [0.3, 0.4) is 0 Å². The first-order chi connectivity index (χ1) is 7.83. The van der Waals surface area contributed by atoms with E-state index in [0.717, 1.165) is 18.4 Å². The average molecular weight is 216 g/mol. The van der Waals surface area contributed by atoms with Crippen LogP contribution < -0.4 is 5.73 Å². The van der Waals surface area contributed by atoms with Crippen LogP contribution in [0.2, 0.25) is 0 Å². The second-order valence-electron chi connectivity index (χ2n) is 5.34. The number of nitrogens with zero attached hydrogens (tertiary/aromatic N) is 1. The van der Waals surface area contributed by atoms with Crippen LogP contribution in [0.5, 0.6) is 0 Å². The van der Waals surface area contributed by atoms with Crippen molar-refractivity contribution >= 4 is 0 Å². The van der Waals surface area contributed by atoms with Crippen LogP contribution in [-0.4, -0.2) is 24.0 Å². The van der Waals surface area contributed by atoms with Gasteiger partial charge in [0.1, 0.15) is 0 Å². The van der Waals surface area contributed by atoms with E-state index < -0.39 is 0 Å². The van der Waals surface area contributed by atoms with Gasteiger partial charge in [-0.3, -0.25) is 4.90 Å². The maximum absolute atomic E-state index is 6.15. The third-order valence-corrected chi connectivity index (χ3v) is 4.24. The standard InChI is InChI=1S/C14H20N2/c15-14-7-6-12-9-16(10-13(12)14)8-11-4-2-1-3-5-11/h1-5,12-14H,6-10,15H2/t12-,13-,14-/m1/s1. The first-order valence-corrected chi connectivity index (χ1v) is 6.35. The fraction of sp³-hybridized carbons (Fsp3) is 0.571. The minimum Gasteiger partial charge on any atom is -0.327 e. The van der Waals surface area contributed by atoms with Gasteiger partial charge in [0.25, 0.3) is 0 Å². The predicted molar refractivity (Wildman–Crippen MR) is 65.9 cm³/mol. The molecule has 2 heteroatoms. The molecule has 2 aliphatic rings. The molecule has 3 rings (SSSR count). The maximum Gasteiger partial charge on any atom is 0.0233 e. The van der Waals surface area contributed by atoms with Crippen LogP contribution in [-0.2, 0) is 6.54 Å². The Kier molecular flexibility index (Phi) is 2.70. The summed E-state index contributed by atoms with van der Waals surface area (Å²) in [5.41, 5.74) is 7.58. The Balaban J connectivity index is 1.63. The summed E-state index contributed by atoms with van der Waals surface area (Å²) in [6.07, 6.45) is 2.59. The smallest absolute Gasteiger partial charge is 0.0233 e. The molecule has 1 saturated carbocycles. The Morgan fingerprint density at radius 2 is 1.94 bits per heavy atom. The number of hydrogen-bond donors (Lipinski definition) is 1. The Hall–Kier alpha value is -0.860. The number of rotatable bonds is 2. The van der Waals surface area contributed by atoms with Gasteiger partial charge in [-0.25, -0.2) is 0 Å². The summed E-state index contributed by atoms with van der Waals surface area (Å²) in [6, 6.07) is 11.2. The van der Waals surface area contributed by atoms with E-state index in [1.807, 2.05) is 0 Å². The largest absolute Gasteiger partial charge is 0.327 e. The zero-order valence-corrected chi connectivity index (χ0v) is 9.68. The monoisotopic (exact) mass is 216 g/mol. The van der Waals surface area contributed by atoms with Crippen LogP contribution >= 0.6 is 0 Å². The lowest BCUT2D eigenvalue weighted by Gasteiger charge is -2.18. The van der Waals surface area contributed by atoms with E-state index in [1.165, 1.54) is 31.5 Å². The minimum absolute atomic E-state index is 0.464. The zero-order valence-electron chi connectivity index (χ0n) is 9.68. The lowest BCUT2D eigenvalue weighted by molar-refractivity contribution is 0.298. The molecule has 0 aromatic heterocycles. The van der Waals surface area contributed by atoms with Crippen molar-refractivity contribution < 1.29 is 0 Å². The number of hydrogen-bond acceptors (Lipinski definition) is 2. The number of likely N-dealkylation sites (tertiary alicyclic amines) is 1. The second-order valence-corrected chi connectivity index (χ2v) is 5.34. The third kappa shape index (κ3) is 1.87. The minimum atomic E-state index is 0.464. The van der Waals surface area contributed by atoms with Crippen molar-refractivity contribution in [3.63, 3.8) is 0 Å². The van der Waals surface area contributed by atoms with Crippen molar-refractivity contribution in [3.8, 4) is 0 Å². The third-order valence-electron chi connectivity index (χ3n) is 4.24. The molecule has 0 radical (unpaired) electrons. The highest BCUT2D eigenvalue weighted by Gasteiger charge is 2.40. The van der Waals surface area contributed by atoms with E-state index >= 15 is 0 Å². The van der Waals surface area contributed by atoms with Crippen molar-refractivity contribution in [1.29, 1.82) is 0 Å². The summed E-state index contributed by atoms with van der Waals surface area (Å²) in [5.74, 6) is 1.64. The van der Waals surface area contributed by atoms with Crippen molar-refractivity contribution in [1.82, 2.24) is 4.90 Å². The Labute approximate surface area is 97.4 Å². The van der Waals surface area contributed by atoms with E-state index in [2.05, 4.69) is 35.2 Å². The van der Waals surface area contributed by atoms with E-state index in [0.29, 0.717) is 6.04 Å². The quantitative estimate of drug-likeness (QED) is 0.817. The number of nitrogens with two attached hydrogens (primary N) is 1. The molecule has 16 heavy (non-hydrogen) atoms. The fourth-order valence-corrected chi connectivity index (χ4v) is 3.37. The van der Waals surface area contributed by atoms with Gasteiger partial charge < -0.3 is 5.73 Å². The molecule has 0 bridgehead atoms. The van der Waals surface area contributed by atoms with E-state index in [-0.39, 0.29) is 0 Å². The SMILES string of the molecule is N[C@@H]1CC[C@@H]2CN(Cc3ccccc3)C[C@H]21. The Bertz CT molecular complexity index is 349. The topological polar surface area (TPSA) is 29.3 Å². The molecule has 86 valence electrons. The van der Waals surface area contributed by atoms with E-state index in [9.17, 15) is 0 Å². The van der Waals surface area contributed by atoms with Gasteiger partial charge in [-0.2, -0.15) is 0 Å². The van der Waals surface area contributed by atoms with Gasteiger partial charge in [0, 0.05) is 25.7 Å². The molecule has 0 amide bonds. The van der Waals surface area contributed by atoms with Gasteiger partial charge in [0.2, 0.25) is 0 Å². The van der Waals surface area contributed by atoms with Crippen LogP contribution in [0.1, 0.15) is 18.4 Å².